The Morgan fingerprint density at radius 3 is 2.90 bits per heavy atom. The molecule has 0 aliphatic carbocycles. The highest BCUT2D eigenvalue weighted by Crippen LogP contribution is 2.15. The predicted molar refractivity (Wildman–Crippen MR) is 78.2 cm³/mol. The van der Waals surface area contributed by atoms with Crippen LogP contribution in [0, 0.1) is 5.92 Å². The number of anilines is 1. The Hall–Kier alpha value is -1.88. The molecule has 1 aromatic carbocycles. The summed E-state index contributed by atoms with van der Waals surface area (Å²) in [5.74, 6) is 0.141. The van der Waals surface area contributed by atoms with Crippen molar-refractivity contribution in [3.8, 4) is 0 Å². The minimum Gasteiger partial charge on any atom is -0.342 e. The molecular weight excluding hydrogens is 254 g/mol. The number of amides is 2. The Morgan fingerprint density at radius 1 is 1.45 bits per heavy atom. The molecule has 0 radical (unpaired) electrons. The smallest absolute Gasteiger partial charge is 0.228 e. The van der Waals surface area contributed by atoms with Gasteiger partial charge in [-0.05, 0) is 30.7 Å². The zero-order chi connectivity index (χ0) is 14.5. The number of nitrogens with zero attached hydrogens (tertiary/aromatic N) is 1. The number of rotatable bonds is 4. The first-order valence-electron chi connectivity index (χ1n) is 6.88. The lowest BCUT2D eigenvalue weighted by atomic mass is 10.1. The van der Waals surface area contributed by atoms with Gasteiger partial charge in [-0.1, -0.05) is 12.1 Å². The van der Waals surface area contributed by atoms with Gasteiger partial charge in [0.15, 0.2) is 0 Å². The number of hydrogen-bond donors (Lipinski definition) is 2. The van der Waals surface area contributed by atoms with Crippen LogP contribution in [0.2, 0.25) is 0 Å². The normalized spacial score (nSPS) is 17.8. The highest BCUT2D eigenvalue weighted by Gasteiger charge is 2.22. The second-order valence-corrected chi connectivity index (χ2v) is 5.25. The number of carbonyl (C=O) groups is 2. The summed E-state index contributed by atoms with van der Waals surface area (Å²) in [7, 11) is 1.76. The van der Waals surface area contributed by atoms with Crippen molar-refractivity contribution < 1.29 is 9.59 Å². The quantitative estimate of drug-likeness (QED) is 0.868. The van der Waals surface area contributed by atoms with Crippen molar-refractivity contribution in [2.45, 2.75) is 19.9 Å². The van der Waals surface area contributed by atoms with Gasteiger partial charge in [-0.15, -0.1) is 0 Å². The minimum atomic E-state index is 0.0245. The molecule has 1 aromatic rings. The molecule has 2 rings (SSSR count). The van der Waals surface area contributed by atoms with Crippen LogP contribution in [0.1, 0.15) is 18.9 Å². The Balaban J connectivity index is 1.98. The topological polar surface area (TPSA) is 61.4 Å². The molecule has 1 fully saturated rings. The Kier molecular flexibility index (Phi) is 4.74. The summed E-state index contributed by atoms with van der Waals surface area (Å²) >= 11 is 0. The molecule has 0 bridgehead atoms. The van der Waals surface area contributed by atoms with E-state index in [1.807, 2.05) is 24.3 Å². The minimum absolute atomic E-state index is 0.0245. The third kappa shape index (κ3) is 3.81. The molecule has 0 spiro atoms. The third-order valence-electron chi connectivity index (χ3n) is 3.58. The van der Waals surface area contributed by atoms with Gasteiger partial charge in [-0.3, -0.25) is 9.59 Å². The molecule has 20 heavy (non-hydrogen) atoms. The fourth-order valence-electron chi connectivity index (χ4n) is 2.26. The van der Waals surface area contributed by atoms with Crippen molar-refractivity contribution in [2.75, 3.05) is 25.5 Å². The summed E-state index contributed by atoms with van der Waals surface area (Å²) in [6.45, 7) is 3.74. The fraction of sp³-hybridized carbons (Fsp3) is 0.467. The van der Waals surface area contributed by atoms with Gasteiger partial charge in [0.2, 0.25) is 11.8 Å². The molecular formula is C15H21N3O2. The second-order valence-electron chi connectivity index (χ2n) is 5.25. The lowest BCUT2D eigenvalue weighted by Crippen LogP contribution is -2.25. The summed E-state index contributed by atoms with van der Waals surface area (Å²) < 4.78 is 0. The molecule has 0 saturated carbocycles. The predicted octanol–water partition coefficient (Wildman–Crippen LogP) is 1.21. The van der Waals surface area contributed by atoms with Crippen LogP contribution in [-0.2, 0) is 16.1 Å². The van der Waals surface area contributed by atoms with E-state index in [9.17, 15) is 9.59 Å². The molecule has 1 aliphatic heterocycles. The maximum Gasteiger partial charge on any atom is 0.228 e. The van der Waals surface area contributed by atoms with Crippen molar-refractivity contribution in [3.05, 3.63) is 29.8 Å². The lowest BCUT2D eigenvalue weighted by molar-refractivity contribution is -0.128. The Morgan fingerprint density at radius 2 is 2.25 bits per heavy atom. The molecule has 108 valence electrons. The van der Waals surface area contributed by atoms with E-state index in [0.29, 0.717) is 6.54 Å². The van der Waals surface area contributed by atoms with Crippen LogP contribution in [0.4, 0.5) is 5.69 Å². The first-order chi connectivity index (χ1) is 9.56. The molecule has 1 unspecified atom stereocenters. The average Bonchev–Trinajstić information content (AvgIpc) is 2.92. The monoisotopic (exact) mass is 275 g/mol. The van der Waals surface area contributed by atoms with Gasteiger partial charge >= 0.3 is 0 Å². The highest BCUT2D eigenvalue weighted by atomic mass is 16.2. The van der Waals surface area contributed by atoms with Crippen molar-refractivity contribution in [1.82, 2.24) is 10.2 Å². The number of benzene rings is 1. The standard InChI is InChI=1S/C15H21N3O2/c1-11(19)18(2)10-12-4-3-5-14(8-12)17-15(20)13-6-7-16-9-13/h3-5,8,13,16H,6-7,9-10H2,1-2H3,(H,17,20). The molecule has 5 nitrogen and oxygen atoms in total. The summed E-state index contributed by atoms with van der Waals surface area (Å²) in [4.78, 5) is 24.9. The highest BCUT2D eigenvalue weighted by molar-refractivity contribution is 5.93. The van der Waals surface area contributed by atoms with Crippen molar-refractivity contribution >= 4 is 17.5 Å². The van der Waals surface area contributed by atoms with E-state index in [0.717, 1.165) is 30.8 Å². The van der Waals surface area contributed by atoms with Crippen molar-refractivity contribution in [3.63, 3.8) is 0 Å². The van der Waals surface area contributed by atoms with E-state index in [1.165, 1.54) is 0 Å². The van der Waals surface area contributed by atoms with Gasteiger partial charge in [-0.25, -0.2) is 0 Å². The van der Waals surface area contributed by atoms with Crippen LogP contribution in [0.5, 0.6) is 0 Å². The Bertz CT molecular complexity index is 496. The van der Waals surface area contributed by atoms with E-state index < -0.39 is 0 Å². The van der Waals surface area contributed by atoms with E-state index in [4.69, 9.17) is 0 Å². The van der Waals surface area contributed by atoms with E-state index in [1.54, 1.807) is 18.9 Å². The summed E-state index contributed by atoms with van der Waals surface area (Å²) in [5, 5.41) is 6.13. The van der Waals surface area contributed by atoms with Gasteiger partial charge < -0.3 is 15.5 Å². The molecule has 1 saturated heterocycles. The van der Waals surface area contributed by atoms with Crippen molar-refractivity contribution in [2.24, 2.45) is 5.92 Å². The summed E-state index contributed by atoms with van der Waals surface area (Å²) in [5.41, 5.74) is 1.79. The van der Waals surface area contributed by atoms with Gasteiger partial charge in [0.05, 0.1) is 5.92 Å². The maximum absolute atomic E-state index is 12.0. The molecule has 2 amide bonds. The van der Waals surface area contributed by atoms with Crippen LogP contribution in [0.3, 0.4) is 0 Å². The first-order valence-corrected chi connectivity index (χ1v) is 6.88. The largest absolute Gasteiger partial charge is 0.342 e. The molecule has 1 aliphatic rings. The molecule has 0 aromatic heterocycles. The van der Waals surface area contributed by atoms with E-state index >= 15 is 0 Å². The molecule has 5 heteroatoms. The number of carbonyl (C=O) groups excluding carboxylic acids is 2. The zero-order valence-corrected chi connectivity index (χ0v) is 12.0. The van der Waals surface area contributed by atoms with Gasteiger partial charge in [0, 0.05) is 32.7 Å². The summed E-state index contributed by atoms with van der Waals surface area (Å²) in [6.07, 6.45) is 0.887. The van der Waals surface area contributed by atoms with Crippen LogP contribution in [0.15, 0.2) is 24.3 Å². The summed E-state index contributed by atoms with van der Waals surface area (Å²) in [6, 6.07) is 7.63. The average molecular weight is 275 g/mol. The first kappa shape index (κ1) is 14.5. The van der Waals surface area contributed by atoms with Crippen LogP contribution in [0.25, 0.3) is 0 Å². The lowest BCUT2D eigenvalue weighted by Gasteiger charge is -2.16. The molecule has 1 atom stereocenters. The van der Waals surface area contributed by atoms with Gasteiger partial charge in [-0.2, -0.15) is 0 Å². The second kappa shape index (κ2) is 6.52. The SMILES string of the molecule is CC(=O)N(C)Cc1cccc(NC(=O)C2CCNC2)c1. The van der Waals surface area contributed by atoms with Crippen LogP contribution in [-0.4, -0.2) is 36.9 Å². The van der Waals surface area contributed by atoms with Gasteiger partial charge in [0.1, 0.15) is 0 Å². The number of nitrogens with one attached hydrogen (secondary N) is 2. The molecule has 1 heterocycles. The number of hydrogen-bond acceptors (Lipinski definition) is 3. The zero-order valence-electron chi connectivity index (χ0n) is 12.0. The Labute approximate surface area is 119 Å². The third-order valence-corrected chi connectivity index (χ3v) is 3.58. The van der Waals surface area contributed by atoms with Crippen LogP contribution < -0.4 is 10.6 Å². The van der Waals surface area contributed by atoms with E-state index in [-0.39, 0.29) is 17.7 Å². The van der Waals surface area contributed by atoms with E-state index in [2.05, 4.69) is 10.6 Å². The van der Waals surface area contributed by atoms with Crippen molar-refractivity contribution in [1.29, 1.82) is 0 Å². The van der Waals surface area contributed by atoms with Gasteiger partial charge in [0.25, 0.3) is 0 Å². The fourth-order valence-corrected chi connectivity index (χ4v) is 2.26. The molecule has 2 N–H and O–H groups in total. The van der Waals surface area contributed by atoms with Crippen LogP contribution >= 0.6 is 0 Å². The maximum atomic E-state index is 12.0.